The number of piperidine rings is 1. The normalized spacial score (nSPS) is 16.7. The maximum Gasteiger partial charge on any atom is 0.253 e. The molecule has 1 aliphatic heterocycles. The number of amides is 1. The number of hydrogen-bond donors (Lipinski definition) is 1. The molecule has 0 aliphatic carbocycles. The minimum absolute atomic E-state index is 0. The number of nitrogens with zero attached hydrogens (tertiary/aromatic N) is 2. The summed E-state index contributed by atoms with van der Waals surface area (Å²) in [5.41, 5.74) is 2.81. The lowest BCUT2D eigenvalue weighted by Gasteiger charge is -2.32. The number of rotatable bonds is 4. The van der Waals surface area contributed by atoms with E-state index in [1.54, 1.807) is 11.3 Å². The first-order valence-corrected chi connectivity index (χ1v) is 9.02. The lowest BCUT2D eigenvalue weighted by atomic mass is 9.97. The molecular weight excluding hydrogens is 377 g/mol. The van der Waals surface area contributed by atoms with Crippen molar-refractivity contribution in [1.82, 2.24) is 15.2 Å². The second-order valence-electron chi connectivity index (χ2n) is 6.19. The van der Waals surface area contributed by atoms with Gasteiger partial charge >= 0.3 is 0 Å². The van der Waals surface area contributed by atoms with Crippen LogP contribution in [-0.2, 0) is 0 Å². The molecule has 7 heteroatoms. The Morgan fingerprint density at radius 3 is 2.88 bits per heavy atom. The van der Waals surface area contributed by atoms with Gasteiger partial charge in [0.15, 0.2) is 0 Å². The molecule has 1 saturated heterocycles. The number of halogens is 2. The van der Waals surface area contributed by atoms with Gasteiger partial charge in [-0.05, 0) is 51.4 Å². The zero-order valence-electron chi connectivity index (χ0n) is 14.5. The van der Waals surface area contributed by atoms with E-state index in [-0.39, 0.29) is 30.7 Å². The molecule has 25 heavy (non-hydrogen) atoms. The summed E-state index contributed by atoms with van der Waals surface area (Å²) in [6.07, 6.45) is 2.28. The highest BCUT2D eigenvalue weighted by molar-refractivity contribution is 7.13. The summed E-state index contributed by atoms with van der Waals surface area (Å²) in [6, 6.07) is 7.86. The molecule has 1 N–H and O–H groups in total. The van der Waals surface area contributed by atoms with Gasteiger partial charge in [0.25, 0.3) is 5.91 Å². The Morgan fingerprint density at radius 2 is 2.20 bits per heavy atom. The molecule has 1 unspecified atom stereocenters. The van der Waals surface area contributed by atoms with Gasteiger partial charge in [0.2, 0.25) is 0 Å². The second-order valence-corrected chi connectivity index (χ2v) is 7.05. The minimum atomic E-state index is 0. The van der Waals surface area contributed by atoms with Crippen molar-refractivity contribution in [2.45, 2.75) is 19.8 Å². The van der Waals surface area contributed by atoms with Crippen LogP contribution in [0.15, 0.2) is 29.6 Å². The molecule has 1 amide bonds. The molecule has 138 valence electrons. The molecule has 1 fully saturated rings. The first-order valence-electron chi connectivity index (χ1n) is 8.14. The van der Waals surface area contributed by atoms with Gasteiger partial charge in [0.05, 0.1) is 0 Å². The van der Waals surface area contributed by atoms with Crippen molar-refractivity contribution in [3.05, 3.63) is 40.9 Å². The monoisotopic (exact) mass is 401 g/mol. The fraction of sp³-hybridized carbons (Fsp3) is 0.444. The fourth-order valence-corrected chi connectivity index (χ4v) is 3.95. The summed E-state index contributed by atoms with van der Waals surface area (Å²) < 4.78 is 0. The van der Waals surface area contributed by atoms with E-state index in [0.29, 0.717) is 5.92 Å². The van der Waals surface area contributed by atoms with Crippen LogP contribution in [-0.4, -0.2) is 42.5 Å². The minimum Gasteiger partial charge on any atom is -0.338 e. The van der Waals surface area contributed by atoms with E-state index in [1.807, 2.05) is 48.5 Å². The van der Waals surface area contributed by atoms with Crippen molar-refractivity contribution in [3.8, 4) is 10.6 Å². The number of aromatic nitrogens is 1. The van der Waals surface area contributed by atoms with Crippen molar-refractivity contribution >= 4 is 42.1 Å². The zero-order valence-corrected chi connectivity index (χ0v) is 17.0. The molecule has 3 rings (SSSR count). The summed E-state index contributed by atoms with van der Waals surface area (Å²) >= 11 is 1.62. The topological polar surface area (TPSA) is 45.2 Å². The number of aryl methyl sites for hydroxylation is 1. The second kappa shape index (κ2) is 10.1. The molecule has 2 heterocycles. The molecule has 1 aliphatic rings. The molecule has 1 atom stereocenters. The van der Waals surface area contributed by atoms with Gasteiger partial charge in [-0.3, -0.25) is 4.79 Å². The van der Waals surface area contributed by atoms with Crippen LogP contribution < -0.4 is 5.32 Å². The quantitative estimate of drug-likeness (QED) is 0.840. The van der Waals surface area contributed by atoms with E-state index in [4.69, 9.17) is 0 Å². The molecular formula is C18H25Cl2N3OS. The Labute approximate surface area is 165 Å². The Balaban J connectivity index is 0.00000156. The summed E-state index contributed by atoms with van der Waals surface area (Å²) in [4.78, 5) is 19.3. The highest BCUT2D eigenvalue weighted by atomic mass is 35.5. The molecule has 2 aromatic rings. The van der Waals surface area contributed by atoms with Crippen molar-refractivity contribution < 1.29 is 4.79 Å². The highest BCUT2D eigenvalue weighted by Crippen LogP contribution is 2.25. The predicted molar refractivity (Wildman–Crippen MR) is 109 cm³/mol. The van der Waals surface area contributed by atoms with Gasteiger partial charge in [-0.2, -0.15) is 0 Å². The van der Waals surface area contributed by atoms with E-state index in [0.717, 1.165) is 47.9 Å². The molecule has 0 saturated carbocycles. The van der Waals surface area contributed by atoms with Gasteiger partial charge in [0.1, 0.15) is 5.01 Å². The molecule has 0 radical (unpaired) electrons. The molecule has 4 nitrogen and oxygen atoms in total. The number of thiazole rings is 1. The Morgan fingerprint density at radius 1 is 1.40 bits per heavy atom. The average Bonchev–Trinajstić information content (AvgIpc) is 3.01. The van der Waals surface area contributed by atoms with Gasteiger partial charge in [0, 0.05) is 35.3 Å². The first-order chi connectivity index (χ1) is 11.2. The van der Waals surface area contributed by atoms with Crippen LogP contribution in [0.2, 0.25) is 0 Å². The number of benzene rings is 1. The smallest absolute Gasteiger partial charge is 0.253 e. The highest BCUT2D eigenvalue weighted by Gasteiger charge is 2.24. The molecule has 0 spiro atoms. The van der Waals surface area contributed by atoms with Crippen LogP contribution in [0.1, 0.15) is 28.9 Å². The number of carbonyl (C=O) groups is 1. The number of hydrogen-bond acceptors (Lipinski definition) is 4. The zero-order chi connectivity index (χ0) is 16.2. The molecule has 1 aromatic heterocycles. The Kier molecular flexibility index (Phi) is 8.86. The van der Waals surface area contributed by atoms with Crippen LogP contribution >= 0.6 is 36.2 Å². The third-order valence-corrected chi connectivity index (χ3v) is 5.28. The fourth-order valence-electron chi connectivity index (χ4n) is 3.16. The van der Waals surface area contributed by atoms with Gasteiger partial charge in [-0.25, -0.2) is 4.98 Å². The number of likely N-dealkylation sites (tertiary alicyclic amines) is 1. The largest absolute Gasteiger partial charge is 0.338 e. The van der Waals surface area contributed by atoms with Crippen molar-refractivity contribution in [1.29, 1.82) is 0 Å². The van der Waals surface area contributed by atoms with Crippen LogP contribution in [0.3, 0.4) is 0 Å². The van der Waals surface area contributed by atoms with Crippen molar-refractivity contribution in [3.63, 3.8) is 0 Å². The predicted octanol–water partition coefficient (Wildman–Crippen LogP) is 4.03. The number of nitrogens with one attached hydrogen (secondary N) is 1. The van der Waals surface area contributed by atoms with E-state index >= 15 is 0 Å². The SMILES string of the molecule is CNCC1CCCN(C(=O)c2cccc(-c3nc(C)cs3)c2)C1.Cl.Cl. The maximum absolute atomic E-state index is 12.8. The lowest BCUT2D eigenvalue weighted by Crippen LogP contribution is -2.42. The summed E-state index contributed by atoms with van der Waals surface area (Å²) in [6.45, 7) is 4.67. The first kappa shape index (κ1) is 21.9. The summed E-state index contributed by atoms with van der Waals surface area (Å²) in [5.74, 6) is 0.698. The van der Waals surface area contributed by atoms with E-state index in [2.05, 4.69) is 10.3 Å². The van der Waals surface area contributed by atoms with E-state index in [1.165, 1.54) is 6.42 Å². The summed E-state index contributed by atoms with van der Waals surface area (Å²) in [7, 11) is 1.97. The Hall–Kier alpha value is -1.14. The van der Waals surface area contributed by atoms with Crippen LogP contribution in [0.25, 0.3) is 10.6 Å². The van der Waals surface area contributed by atoms with E-state index < -0.39 is 0 Å². The third-order valence-electron chi connectivity index (χ3n) is 4.27. The van der Waals surface area contributed by atoms with Crippen LogP contribution in [0, 0.1) is 12.8 Å². The van der Waals surface area contributed by atoms with Gasteiger partial charge in [-0.15, -0.1) is 36.2 Å². The summed E-state index contributed by atoms with van der Waals surface area (Å²) in [5, 5.41) is 6.24. The van der Waals surface area contributed by atoms with Gasteiger partial charge in [-0.1, -0.05) is 12.1 Å². The van der Waals surface area contributed by atoms with Crippen molar-refractivity contribution in [2.24, 2.45) is 5.92 Å². The van der Waals surface area contributed by atoms with E-state index in [9.17, 15) is 4.79 Å². The average molecular weight is 402 g/mol. The standard InChI is InChI=1S/C18H23N3OS.2ClH/c1-13-12-23-17(20-13)15-6-3-7-16(9-15)18(22)21-8-4-5-14(11-21)10-19-2;;/h3,6-7,9,12,14,19H,4-5,8,10-11H2,1-2H3;2*1H. The molecule has 1 aromatic carbocycles. The maximum atomic E-state index is 12.8. The van der Waals surface area contributed by atoms with Crippen molar-refractivity contribution in [2.75, 3.05) is 26.7 Å². The lowest BCUT2D eigenvalue weighted by molar-refractivity contribution is 0.0674. The Bertz CT molecular complexity index is 690. The number of carbonyl (C=O) groups excluding carboxylic acids is 1. The molecule has 0 bridgehead atoms. The third kappa shape index (κ3) is 5.42. The van der Waals surface area contributed by atoms with Crippen LogP contribution in [0.4, 0.5) is 0 Å². The van der Waals surface area contributed by atoms with Gasteiger partial charge < -0.3 is 10.2 Å². The van der Waals surface area contributed by atoms with Crippen LogP contribution in [0.5, 0.6) is 0 Å².